The molecule has 0 aliphatic heterocycles. The fourth-order valence-electron chi connectivity index (χ4n) is 2.81. The first kappa shape index (κ1) is 25.5. The van der Waals surface area contributed by atoms with E-state index in [1.54, 1.807) is 0 Å². The number of ether oxygens (including phenoxy) is 2. The smallest absolute Gasteiger partial charge is 0.373 e. The van der Waals surface area contributed by atoms with E-state index in [4.69, 9.17) is 9.47 Å². The Bertz CT molecular complexity index is 421. The van der Waals surface area contributed by atoms with E-state index in [1.165, 1.54) is 51.4 Å². The molecule has 0 fully saturated rings. The fourth-order valence-corrected chi connectivity index (χ4v) is 2.81. The van der Waals surface area contributed by atoms with Crippen LogP contribution in [0.25, 0.3) is 0 Å². The third-order valence-corrected chi connectivity index (χ3v) is 4.27. The van der Waals surface area contributed by atoms with E-state index in [9.17, 15) is 4.79 Å². The van der Waals surface area contributed by atoms with E-state index < -0.39 is 0 Å². The molecule has 0 heterocycles. The van der Waals surface area contributed by atoms with Gasteiger partial charge in [0.25, 0.3) is 0 Å². The maximum absolute atomic E-state index is 11.7. The average Bonchev–Trinajstić information content (AvgIpc) is 2.67. The van der Waals surface area contributed by atoms with Crippen molar-refractivity contribution in [3.05, 3.63) is 36.1 Å². The van der Waals surface area contributed by atoms with Gasteiger partial charge in [-0.3, -0.25) is 0 Å². The normalized spacial score (nSPS) is 12.2. The average molecular weight is 379 g/mol. The van der Waals surface area contributed by atoms with E-state index in [0.717, 1.165) is 25.7 Å². The second-order valence-electron chi connectivity index (χ2n) is 6.71. The largest absolute Gasteiger partial charge is 0.487 e. The first-order valence-electron chi connectivity index (χ1n) is 11.1. The molecule has 0 bridgehead atoms. The highest BCUT2D eigenvalue weighted by Gasteiger charge is 2.10. The number of hydrogen-bond acceptors (Lipinski definition) is 3. The highest BCUT2D eigenvalue weighted by molar-refractivity contribution is 5.86. The molecule has 0 saturated carbocycles. The topological polar surface area (TPSA) is 35.5 Å². The minimum absolute atomic E-state index is 0.341. The predicted molar refractivity (Wildman–Crippen MR) is 116 cm³/mol. The van der Waals surface area contributed by atoms with Crippen molar-refractivity contribution in [1.29, 1.82) is 0 Å². The maximum Gasteiger partial charge on any atom is 0.373 e. The predicted octanol–water partition coefficient (Wildman–Crippen LogP) is 7.28. The second kappa shape index (κ2) is 20.8. The van der Waals surface area contributed by atoms with Gasteiger partial charge in [-0.25, -0.2) is 4.79 Å². The lowest BCUT2D eigenvalue weighted by Crippen LogP contribution is -2.10. The molecule has 0 rings (SSSR count). The van der Waals surface area contributed by atoms with Crippen molar-refractivity contribution in [3.63, 3.8) is 0 Å². The summed E-state index contributed by atoms with van der Waals surface area (Å²) in [5.41, 5.74) is 0. The molecule has 0 aromatic rings. The van der Waals surface area contributed by atoms with Crippen molar-refractivity contribution < 1.29 is 14.3 Å². The number of unbranched alkanes of at least 4 members (excludes halogenated alkanes) is 9. The third-order valence-electron chi connectivity index (χ3n) is 4.27. The zero-order valence-electron chi connectivity index (χ0n) is 18.0. The van der Waals surface area contributed by atoms with Crippen LogP contribution in [0, 0.1) is 0 Å². The number of esters is 1. The van der Waals surface area contributed by atoms with Gasteiger partial charge in [0, 0.05) is 0 Å². The second-order valence-corrected chi connectivity index (χ2v) is 6.71. The van der Waals surface area contributed by atoms with E-state index in [1.807, 2.05) is 19.9 Å². The number of hydrogen-bond donors (Lipinski definition) is 0. The number of carbonyl (C=O) groups is 1. The summed E-state index contributed by atoms with van der Waals surface area (Å²) in [7, 11) is 0. The van der Waals surface area contributed by atoms with Gasteiger partial charge in [-0.05, 0) is 58.4 Å². The summed E-state index contributed by atoms with van der Waals surface area (Å²) in [6.45, 7) is 6.74. The first-order valence-corrected chi connectivity index (χ1v) is 11.1. The molecule has 0 aliphatic carbocycles. The van der Waals surface area contributed by atoms with Crippen LogP contribution in [0.3, 0.4) is 0 Å². The molecule has 0 amide bonds. The fraction of sp³-hybridized carbons (Fsp3) is 0.708. The van der Waals surface area contributed by atoms with Crippen molar-refractivity contribution >= 4 is 5.97 Å². The van der Waals surface area contributed by atoms with Gasteiger partial charge in [-0.2, -0.15) is 0 Å². The number of rotatable bonds is 18. The van der Waals surface area contributed by atoms with Crippen molar-refractivity contribution in [2.45, 2.75) is 97.8 Å². The Hall–Kier alpha value is -1.51. The van der Waals surface area contributed by atoms with Gasteiger partial charge in [-0.1, -0.05) is 69.8 Å². The molecule has 156 valence electrons. The summed E-state index contributed by atoms with van der Waals surface area (Å²) in [6, 6.07) is 0. The van der Waals surface area contributed by atoms with Crippen molar-refractivity contribution in [2.24, 2.45) is 0 Å². The van der Waals surface area contributed by atoms with Crippen LogP contribution in [0.15, 0.2) is 36.1 Å². The zero-order valence-corrected chi connectivity index (χ0v) is 18.0. The lowest BCUT2D eigenvalue weighted by Gasteiger charge is -2.07. The summed E-state index contributed by atoms with van der Waals surface area (Å²) in [5, 5.41) is 0. The van der Waals surface area contributed by atoms with E-state index in [-0.39, 0.29) is 5.97 Å². The van der Waals surface area contributed by atoms with Crippen LogP contribution in [0.4, 0.5) is 0 Å². The van der Waals surface area contributed by atoms with E-state index in [0.29, 0.717) is 19.0 Å². The van der Waals surface area contributed by atoms with Crippen molar-refractivity contribution in [2.75, 3.05) is 13.2 Å². The Balaban J connectivity index is 3.52. The Morgan fingerprint density at radius 3 is 1.81 bits per heavy atom. The van der Waals surface area contributed by atoms with Gasteiger partial charge >= 0.3 is 5.97 Å². The van der Waals surface area contributed by atoms with Crippen LogP contribution in [-0.4, -0.2) is 19.2 Å². The molecule has 0 saturated heterocycles. The van der Waals surface area contributed by atoms with Gasteiger partial charge in [0.05, 0.1) is 13.2 Å². The molecule has 0 aromatic carbocycles. The molecule has 3 nitrogen and oxygen atoms in total. The molecule has 0 spiro atoms. The summed E-state index contributed by atoms with van der Waals surface area (Å²) >= 11 is 0. The van der Waals surface area contributed by atoms with Crippen LogP contribution in [-0.2, 0) is 14.3 Å². The highest BCUT2D eigenvalue weighted by Crippen LogP contribution is 2.12. The quantitative estimate of drug-likeness (QED) is 0.0826. The molecule has 27 heavy (non-hydrogen) atoms. The SMILES string of the molecule is CCC=CCC=CCCCCCCCCCCC=C(OCC)C(=O)OCC. The monoisotopic (exact) mass is 378 g/mol. The molecular formula is C24H42O3. The van der Waals surface area contributed by atoms with Gasteiger partial charge in [0.1, 0.15) is 0 Å². The standard InChI is InChI=1S/C24H42O3/c1-4-7-8-9-10-11-12-13-14-15-16-17-18-19-20-21-22-23(26-5-2)24(25)27-6-3/h7-8,10-11,22H,4-6,9,12-21H2,1-3H3. The Morgan fingerprint density at radius 1 is 0.667 bits per heavy atom. The van der Waals surface area contributed by atoms with Gasteiger partial charge in [-0.15, -0.1) is 0 Å². The van der Waals surface area contributed by atoms with Crippen molar-refractivity contribution in [1.82, 2.24) is 0 Å². The molecule has 0 atom stereocenters. The summed E-state index contributed by atoms with van der Waals surface area (Å²) in [5.74, 6) is 0.0291. The molecule has 0 unspecified atom stereocenters. The lowest BCUT2D eigenvalue weighted by molar-refractivity contribution is -0.142. The van der Waals surface area contributed by atoms with Gasteiger partial charge < -0.3 is 9.47 Å². The van der Waals surface area contributed by atoms with Gasteiger partial charge in [0.2, 0.25) is 5.76 Å². The Kier molecular flexibility index (Phi) is 19.6. The Labute approximate surface area is 167 Å². The minimum Gasteiger partial charge on any atom is -0.487 e. The van der Waals surface area contributed by atoms with Crippen LogP contribution in [0.5, 0.6) is 0 Å². The summed E-state index contributed by atoms with van der Waals surface area (Å²) < 4.78 is 10.4. The molecule has 0 radical (unpaired) electrons. The van der Waals surface area contributed by atoms with Gasteiger partial charge in [0.15, 0.2) is 0 Å². The van der Waals surface area contributed by atoms with Crippen LogP contribution >= 0.6 is 0 Å². The molecule has 0 aliphatic rings. The Morgan fingerprint density at radius 2 is 1.22 bits per heavy atom. The maximum atomic E-state index is 11.7. The van der Waals surface area contributed by atoms with Crippen LogP contribution < -0.4 is 0 Å². The molecule has 3 heteroatoms. The van der Waals surface area contributed by atoms with E-state index >= 15 is 0 Å². The first-order chi connectivity index (χ1) is 13.3. The molecular weight excluding hydrogens is 336 g/mol. The minimum atomic E-state index is -0.341. The third kappa shape index (κ3) is 17.7. The number of allylic oxidation sites excluding steroid dienone is 5. The van der Waals surface area contributed by atoms with E-state index in [2.05, 4.69) is 31.2 Å². The molecule has 0 aromatic heterocycles. The van der Waals surface area contributed by atoms with Crippen molar-refractivity contribution in [3.8, 4) is 0 Å². The molecule has 0 N–H and O–H groups in total. The highest BCUT2D eigenvalue weighted by atomic mass is 16.6. The zero-order chi connectivity index (χ0) is 20.0. The van der Waals surface area contributed by atoms with Crippen LogP contribution in [0.1, 0.15) is 97.8 Å². The van der Waals surface area contributed by atoms with Crippen LogP contribution in [0.2, 0.25) is 0 Å². The number of carbonyl (C=O) groups excluding carboxylic acids is 1. The summed E-state index contributed by atoms with van der Waals surface area (Å²) in [4.78, 5) is 11.7. The summed E-state index contributed by atoms with van der Waals surface area (Å²) in [6.07, 6.45) is 25.5. The lowest BCUT2D eigenvalue weighted by atomic mass is 10.1.